The first-order valence-corrected chi connectivity index (χ1v) is 7.22. The van der Waals surface area contributed by atoms with Crippen molar-refractivity contribution in [2.75, 3.05) is 12.5 Å². The molecule has 6 nitrogen and oxygen atoms in total. The van der Waals surface area contributed by atoms with Crippen molar-refractivity contribution in [1.82, 2.24) is 9.97 Å². The molecule has 0 aliphatic carbocycles. The number of aromatic nitrogens is 2. The van der Waals surface area contributed by atoms with E-state index in [1.807, 2.05) is 0 Å². The summed E-state index contributed by atoms with van der Waals surface area (Å²) in [5.74, 6) is 0. The first kappa shape index (κ1) is 11.1. The Morgan fingerprint density at radius 1 is 0.929 bits per heavy atom. The highest BCUT2D eigenvalue weighted by atomic mass is 32.2. The smallest absolute Gasteiger partial charge is 0.192 e. The van der Waals surface area contributed by atoms with Crippen molar-refractivity contribution in [1.29, 1.82) is 0 Å². The first-order chi connectivity index (χ1) is 6.21. The molecule has 8 heteroatoms. The minimum absolute atomic E-state index is 0.298. The van der Waals surface area contributed by atoms with E-state index in [0.29, 0.717) is 0 Å². The fourth-order valence-electron chi connectivity index (χ4n) is 0.728. The molecule has 0 aliphatic heterocycles. The van der Waals surface area contributed by atoms with Crippen LogP contribution >= 0.6 is 0 Å². The molecule has 0 amide bonds. The van der Waals surface area contributed by atoms with Gasteiger partial charge in [-0.05, 0) is 0 Å². The van der Waals surface area contributed by atoms with E-state index < -0.39 is 19.7 Å². The fraction of sp³-hybridized carbons (Fsp3) is 0.333. The molecule has 0 unspecified atom stereocenters. The van der Waals surface area contributed by atoms with Gasteiger partial charge in [0.15, 0.2) is 29.7 Å². The SMILES string of the molecule is CS(=O)(=O)c1cc(S(C)(=O)=O)ncn1. The van der Waals surface area contributed by atoms with Crippen molar-refractivity contribution < 1.29 is 16.8 Å². The molecule has 0 fully saturated rings. The van der Waals surface area contributed by atoms with Gasteiger partial charge in [0.25, 0.3) is 0 Å². The van der Waals surface area contributed by atoms with E-state index in [9.17, 15) is 16.8 Å². The lowest BCUT2D eigenvalue weighted by atomic mass is 10.7. The van der Waals surface area contributed by atoms with Gasteiger partial charge < -0.3 is 0 Å². The minimum atomic E-state index is -3.50. The van der Waals surface area contributed by atoms with E-state index in [1.54, 1.807) is 0 Å². The molecule has 0 aliphatic rings. The molecule has 0 N–H and O–H groups in total. The van der Waals surface area contributed by atoms with E-state index in [1.165, 1.54) is 0 Å². The highest BCUT2D eigenvalue weighted by molar-refractivity contribution is 7.91. The van der Waals surface area contributed by atoms with E-state index >= 15 is 0 Å². The second-order valence-electron chi connectivity index (χ2n) is 2.74. The van der Waals surface area contributed by atoms with Crippen LogP contribution in [0.4, 0.5) is 0 Å². The third kappa shape index (κ3) is 2.48. The summed E-state index contributed by atoms with van der Waals surface area (Å²) in [6.07, 6.45) is 2.80. The third-order valence-electron chi connectivity index (χ3n) is 1.38. The third-order valence-corrected chi connectivity index (χ3v) is 3.34. The van der Waals surface area contributed by atoms with Gasteiger partial charge in [0, 0.05) is 18.6 Å². The zero-order valence-corrected chi connectivity index (χ0v) is 9.13. The molecule has 0 saturated carbocycles. The minimum Gasteiger partial charge on any atom is -0.225 e. The number of rotatable bonds is 2. The quantitative estimate of drug-likeness (QED) is 0.629. The summed E-state index contributed by atoms with van der Waals surface area (Å²) in [4.78, 5) is 6.92. The summed E-state index contributed by atoms with van der Waals surface area (Å²) in [5, 5.41) is -0.596. The van der Waals surface area contributed by atoms with Gasteiger partial charge in [0.1, 0.15) is 6.33 Å². The highest BCUT2D eigenvalue weighted by Gasteiger charge is 2.15. The van der Waals surface area contributed by atoms with Gasteiger partial charge in [-0.2, -0.15) is 0 Å². The van der Waals surface area contributed by atoms with Gasteiger partial charge in [-0.1, -0.05) is 0 Å². The second kappa shape index (κ2) is 3.28. The lowest BCUT2D eigenvalue weighted by Gasteiger charge is -1.99. The van der Waals surface area contributed by atoms with Crippen molar-refractivity contribution in [3.05, 3.63) is 12.4 Å². The van der Waals surface area contributed by atoms with Gasteiger partial charge in [-0.25, -0.2) is 26.8 Å². The van der Waals surface area contributed by atoms with Gasteiger partial charge in [-0.3, -0.25) is 0 Å². The van der Waals surface area contributed by atoms with Crippen molar-refractivity contribution in [2.24, 2.45) is 0 Å². The van der Waals surface area contributed by atoms with Gasteiger partial charge in [0.2, 0.25) is 0 Å². The van der Waals surface area contributed by atoms with Crippen molar-refractivity contribution >= 4 is 19.7 Å². The van der Waals surface area contributed by atoms with E-state index in [4.69, 9.17) is 0 Å². The molecule has 0 aromatic carbocycles. The Balaban J connectivity index is 3.44. The predicted molar refractivity (Wildman–Crippen MR) is 48.3 cm³/mol. The number of nitrogens with zero attached hydrogens (tertiary/aromatic N) is 2. The van der Waals surface area contributed by atoms with Crippen LogP contribution in [0.25, 0.3) is 0 Å². The number of sulfone groups is 2. The lowest BCUT2D eigenvalue weighted by molar-refractivity contribution is 0.593. The van der Waals surface area contributed by atoms with Crippen LogP contribution in [-0.2, 0) is 19.7 Å². The van der Waals surface area contributed by atoms with Gasteiger partial charge >= 0.3 is 0 Å². The zero-order chi connectivity index (χ0) is 11.0. The second-order valence-corrected chi connectivity index (χ2v) is 6.66. The van der Waals surface area contributed by atoms with Crippen molar-refractivity contribution in [3.8, 4) is 0 Å². The summed E-state index contributed by atoms with van der Waals surface area (Å²) in [7, 11) is -7.00. The molecule has 1 aromatic rings. The maximum Gasteiger partial charge on any atom is 0.192 e. The molecular formula is C6H8N2O4S2. The van der Waals surface area contributed by atoms with Crippen LogP contribution in [0.1, 0.15) is 0 Å². The maximum absolute atomic E-state index is 11.0. The Bertz CT molecular complexity index is 500. The Hall–Kier alpha value is -1.02. The molecule has 0 radical (unpaired) electrons. The molecule has 14 heavy (non-hydrogen) atoms. The normalized spacial score (nSPS) is 12.7. The summed E-state index contributed by atoms with van der Waals surface area (Å²) in [6.45, 7) is 0. The fourth-order valence-corrected chi connectivity index (χ4v) is 1.93. The van der Waals surface area contributed by atoms with E-state index in [2.05, 4.69) is 9.97 Å². The van der Waals surface area contributed by atoms with Crippen LogP contribution < -0.4 is 0 Å². The predicted octanol–water partition coefficient (Wildman–Crippen LogP) is -0.716. The Morgan fingerprint density at radius 3 is 1.57 bits per heavy atom. The average molecular weight is 236 g/mol. The molecule has 1 heterocycles. The highest BCUT2D eigenvalue weighted by Crippen LogP contribution is 2.09. The summed E-state index contributed by atoms with van der Waals surface area (Å²) in [6, 6.07) is 0.935. The largest absolute Gasteiger partial charge is 0.225 e. The van der Waals surface area contributed by atoms with Crippen LogP contribution in [0.15, 0.2) is 22.4 Å². The first-order valence-electron chi connectivity index (χ1n) is 3.43. The Kier molecular flexibility index (Phi) is 2.59. The van der Waals surface area contributed by atoms with Gasteiger partial charge in [0.05, 0.1) is 0 Å². The molecule has 1 aromatic heterocycles. The number of hydrogen-bond acceptors (Lipinski definition) is 6. The van der Waals surface area contributed by atoms with Crippen LogP contribution in [0.2, 0.25) is 0 Å². The molecule has 0 spiro atoms. The molecule has 78 valence electrons. The lowest BCUT2D eigenvalue weighted by Crippen LogP contribution is -2.06. The average Bonchev–Trinajstić information content (AvgIpc) is 2.01. The van der Waals surface area contributed by atoms with Crippen molar-refractivity contribution in [2.45, 2.75) is 10.1 Å². The van der Waals surface area contributed by atoms with E-state index in [-0.39, 0.29) is 10.1 Å². The number of hydrogen-bond donors (Lipinski definition) is 0. The summed E-state index contributed by atoms with van der Waals surface area (Å²) in [5.41, 5.74) is 0. The maximum atomic E-state index is 11.0. The topological polar surface area (TPSA) is 94.1 Å². The Labute approximate surface area is 81.9 Å². The molecule has 0 saturated heterocycles. The van der Waals surface area contributed by atoms with Crippen LogP contribution in [-0.4, -0.2) is 39.3 Å². The standard InChI is InChI=1S/C6H8N2O4S2/c1-13(9,10)5-3-6(8-4-7-5)14(2,11)12/h3-4H,1-2H3. The van der Waals surface area contributed by atoms with Crippen LogP contribution in [0.3, 0.4) is 0 Å². The van der Waals surface area contributed by atoms with Crippen LogP contribution in [0.5, 0.6) is 0 Å². The van der Waals surface area contributed by atoms with Crippen LogP contribution in [0, 0.1) is 0 Å². The summed E-state index contributed by atoms with van der Waals surface area (Å²) >= 11 is 0. The molecule has 1 rings (SSSR count). The monoisotopic (exact) mass is 236 g/mol. The van der Waals surface area contributed by atoms with E-state index in [0.717, 1.165) is 24.9 Å². The molecule has 0 atom stereocenters. The zero-order valence-electron chi connectivity index (χ0n) is 7.50. The Morgan fingerprint density at radius 2 is 1.29 bits per heavy atom. The van der Waals surface area contributed by atoms with Crippen molar-refractivity contribution in [3.63, 3.8) is 0 Å². The van der Waals surface area contributed by atoms with Gasteiger partial charge in [-0.15, -0.1) is 0 Å². The molecular weight excluding hydrogens is 228 g/mol. The molecule has 0 bridgehead atoms. The summed E-state index contributed by atoms with van der Waals surface area (Å²) < 4.78 is 44.1.